The number of methoxy groups -OCH3 is 1. The highest BCUT2D eigenvalue weighted by atomic mass is 16.6. The third kappa shape index (κ3) is 18.9. The number of carbonyl (C=O) groups is 4. The smallest absolute Gasteiger partial charge is 0.416 e. The molecule has 4 aromatic rings. The van der Waals surface area contributed by atoms with Gasteiger partial charge >= 0.3 is 12.1 Å². The van der Waals surface area contributed by atoms with Crippen LogP contribution in [-0.4, -0.2) is 121 Å². The zero-order valence-corrected chi connectivity index (χ0v) is 38.1. The van der Waals surface area contributed by atoms with Crippen molar-refractivity contribution < 1.29 is 52.3 Å². The summed E-state index contributed by atoms with van der Waals surface area (Å²) in [6.07, 6.45) is 1.39. The number of ketones is 1. The minimum Gasteiger partial charge on any atom is -0.491 e. The Morgan fingerprint density at radius 3 is 2.15 bits per heavy atom. The monoisotopic (exact) mass is 898 g/mol. The summed E-state index contributed by atoms with van der Waals surface area (Å²) in [6.45, 7) is 11.1. The molecule has 0 aliphatic heterocycles. The lowest BCUT2D eigenvalue weighted by Crippen LogP contribution is -2.38. The van der Waals surface area contributed by atoms with Crippen LogP contribution in [0, 0.1) is 6.92 Å². The molecule has 1 aromatic heterocycles. The summed E-state index contributed by atoms with van der Waals surface area (Å²) in [6, 6.07) is 23.2. The van der Waals surface area contributed by atoms with E-state index >= 15 is 0 Å². The van der Waals surface area contributed by atoms with E-state index in [0.29, 0.717) is 84.0 Å². The van der Waals surface area contributed by atoms with Crippen molar-refractivity contribution in [1.82, 2.24) is 10.3 Å². The fraction of sp³-hybridized carbons (Fsp3) is 0.479. The van der Waals surface area contributed by atoms with Crippen LogP contribution < -0.4 is 15.0 Å². The number of carbonyl (C=O) groups excluding carboxylic acids is 4. The Labute approximate surface area is 380 Å². The van der Waals surface area contributed by atoms with E-state index in [1.165, 1.54) is 12.0 Å². The zero-order valence-electron chi connectivity index (χ0n) is 38.1. The van der Waals surface area contributed by atoms with E-state index in [2.05, 4.69) is 20.3 Å². The predicted molar refractivity (Wildman–Crippen MR) is 246 cm³/mol. The van der Waals surface area contributed by atoms with E-state index in [0.717, 1.165) is 33.0 Å². The van der Waals surface area contributed by atoms with Crippen LogP contribution in [0.25, 0.3) is 32.3 Å². The number of rotatable bonds is 29. The highest BCUT2D eigenvalue weighted by Gasteiger charge is 2.25. The number of anilines is 1. The molecule has 0 saturated heterocycles. The van der Waals surface area contributed by atoms with Crippen LogP contribution in [0.1, 0.15) is 63.5 Å². The van der Waals surface area contributed by atoms with Crippen molar-refractivity contribution in [3.63, 3.8) is 0 Å². The molecule has 0 unspecified atom stereocenters. The number of benzene rings is 3. The third-order valence-electron chi connectivity index (χ3n) is 9.73. The maximum atomic E-state index is 13.4. The molecule has 17 nitrogen and oxygen atoms in total. The van der Waals surface area contributed by atoms with Gasteiger partial charge in [0, 0.05) is 48.3 Å². The number of aromatic nitrogens is 1. The summed E-state index contributed by atoms with van der Waals surface area (Å²) in [5.74, 6) is -0.419. The Bertz CT molecular complexity index is 2190. The molecule has 0 aliphatic rings. The first-order valence-electron chi connectivity index (χ1n) is 21.7. The maximum Gasteiger partial charge on any atom is 0.416 e. The van der Waals surface area contributed by atoms with Crippen molar-refractivity contribution in [2.75, 3.05) is 91.1 Å². The van der Waals surface area contributed by atoms with Gasteiger partial charge in [0.1, 0.15) is 23.8 Å². The lowest BCUT2D eigenvalue weighted by atomic mass is 9.88. The highest BCUT2D eigenvalue weighted by Crippen LogP contribution is 2.36. The van der Waals surface area contributed by atoms with Gasteiger partial charge in [0.05, 0.1) is 72.9 Å². The second-order valence-electron chi connectivity index (χ2n) is 16.0. The number of esters is 1. The molecule has 3 aromatic carbocycles. The molecular formula is C48H62N6O11. The fourth-order valence-electron chi connectivity index (χ4n) is 6.64. The van der Waals surface area contributed by atoms with Gasteiger partial charge in [0.25, 0.3) is 0 Å². The first-order valence-corrected chi connectivity index (χ1v) is 21.7. The molecule has 350 valence electrons. The SMILES string of the molecule is COC(=O)C[C@H](CC(=O)CNC(=O)CCCN(C(=O)OC(C)(C)C)c1cc(C)ccn1)c1cccc(-c2ccc(OCCOCCOCCOCCOCCN=[N+]=[N-])c3ccccc23)c1. The molecule has 2 amide bonds. The first kappa shape index (κ1) is 51.5. The summed E-state index contributed by atoms with van der Waals surface area (Å²) in [4.78, 5) is 60.3. The van der Waals surface area contributed by atoms with Crippen molar-refractivity contribution in [3.8, 4) is 16.9 Å². The van der Waals surface area contributed by atoms with Gasteiger partial charge in [-0.15, -0.1) is 0 Å². The summed E-state index contributed by atoms with van der Waals surface area (Å²) < 4.78 is 38.7. The van der Waals surface area contributed by atoms with Crippen LogP contribution in [0.4, 0.5) is 10.6 Å². The maximum absolute atomic E-state index is 13.4. The quantitative estimate of drug-likeness (QED) is 0.0181. The normalized spacial score (nSPS) is 11.6. The Morgan fingerprint density at radius 1 is 0.815 bits per heavy atom. The summed E-state index contributed by atoms with van der Waals surface area (Å²) in [7, 11) is 1.31. The number of amides is 2. The Morgan fingerprint density at radius 2 is 1.49 bits per heavy atom. The van der Waals surface area contributed by atoms with Crippen LogP contribution >= 0.6 is 0 Å². The van der Waals surface area contributed by atoms with E-state index in [-0.39, 0.29) is 44.0 Å². The molecular weight excluding hydrogens is 837 g/mol. The molecule has 17 heteroatoms. The molecule has 0 bridgehead atoms. The number of nitrogens with one attached hydrogen (secondary N) is 1. The summed E-state index contributed by atoms with van der Waals surface area (Å²) in [5, 5.41) is 7.98. The van der Waals surface area contributed by atoms with Gasteiger partial charge in [-0.2, -0.15) is 0 Å². The molecule has 4 rings (SSSR count). The van der Waals surface area contributed by atoms with E-state index < -0.39 is 23.6 Å². The molecule has 0 spiro atoms. The highest BCUT2D eigenvalue weighted by molar-refractivity contribution is 6.00. The van der Waals surface area contributed by atoms with Gasteiger partial charge in [0.2, 0.25) is 5.91 Å². The number of azide groups is 1. The standard InChI is InChI=1S/C48H62N6O11/c1-35-17-18-50-44(30-35)54(47(58)65-48(2,3)4)20-9-14-45(56)51-34-39(55)32-38(33-46(57)59-5)36-10-8-11-37(31-36)40-15-16-43(42-13-7-6-12-41(40)42)64-29-28-63-27-26-62-25-24-61-23-22-60-21-19-52-53-49/h6-8,10-13,15-18,30-31,38H,9,14,19-29,32-34H2,1-5H3,(H,51,56)/t38-/m0/s1. The molecule has 1 N–H and O–H groups in total. The minimum absolute atomic E-state index is 0.000619. The molecule has 65 heavy (non-hydrogen) atoms. The molecule has 0 aliphatic carbocycles. The van der Waals surface area contributed by atoms with Crippen LogP contribution in [0.5, 0.6) is 5.75 Å². The second kappa shape index (κ2) is 27.9. The van der Waals surface area contributed by atoms with Crippen LogP contribution in [0.15, 0.2) is 84.1 Å². The largest absolute Gasteiger partial charge is 0.491 e. The minimum atomic E-state index is -0.720. The van der Waals surface area contributed by atoms with Crippen molar-refractivity contribution in [2.45, 2.75) is 64.9 Å². The topological polar surface area (TPSA) is 210 Å². The Balaban J connectivity index is 1.28. The van der Waals surface area contributed by atoms with Crippen LogP contribution in [0.2, 0.25) is 0 Å². The van der Waals surface area contributed by atoms with E-state index in [1.54, 1.807) is 33.0 Å². The van der Waals surface area contributed by atoms with Gasteiger partial charge in [-0.05, 0) is 85.5 Å². The van der Waals surface area contributed by atoms with Crippen LogP contribution in [-0.2, 0) is 42.8 Å². The first-order chi connectivity index (χ1) is 31.4. The average molecular weight is 899 g/mol. The average Bonchev–Trinajstić information content (AvgIpc) is 3.28. The number of nitrogens with zero attached hydrogens (tertiary/aromatic N) is 5. The number of pyridine rings is 1. The second-order valence-corrected chi connectivity index (χ2v) is 16.0. The lowest BCUT2D eigenvalue weighted by Gasteiger charge is -2.27. The molecule has 0 radical (unpaired) electrons. The fourth-order valence-corrected chi connectivity index (χ4v) is 6.64. The number of fused-ring (bicyclic) bond motifs is 1. The summed E-state index contributed by atoms with van der Waals surface area (Å²) in [5.41, 5.74) is 11.1. The molecule has 1 atom stereocenters. The number of hydrogen-bond acceptors (Lipinski definition) is 13. The van der Waals surface area contributed by atoms with E-state index in [4.69, 9.17) is 38.7 Å². The van der Waals surface area contributed by atoms with Gasteiger partial charge < -0.3 is 38.5 Å². The number of ether oxygens (including phenoxy) is 7. The number of hydrogen-bond donors (Lipinski definition) is 1. The van der Waals surface area contributed by atoms with Crippen molar-refractivity contribution in [3.05, 3.63) is 101 Å². The van der Waals surface area contributed by atoms with Crippen molar-refractivity contribution in [2.24, 2.45) is 5.11 Å². The molecule has 1 heterocycles. The van der Waals surface area contributed by atoms with Gasteiger partial charge in [-0.1, -0.05) is 59.7 Å². The number of aryl methyl sites for hydroxylation is 1. The molecule has 0 saturated carbocycles. The van der Waals surface area contributed by atoms with Crippen molar-refractivity contribution >= 4 is 40.3 Å². The van der Waals surface area contributed by atoms with Gasteiger partial charge in [-0.3, -0.25) is 19.3 Å². The zero-order chi connectivity index (χ0) is 46.9. The van der Waals surface area contributed by atoms with Crippen LogP contribution in [0.3, 0.4) is 0 Å². The Kier molecular flexibility index (Phi) is 22.2. The summed E-state index contributed by atoms with van der Waals surface area (Å²) >= 11 is 0. The molecule has 0 fully saturated rings. The lowest BCUT2D eigenvalue weighted by molar-refractivity contribution is -0.141. The van der Waals surface area contributed by atoms with Gasteiger partial charge in [0.15, 0.2) is 5.78 Å². The van der Waals surface area contributed by atoms with E-state index in [1.807, 2.05) is 73.7 Å². The predicted octanol–water partition coefficient (Wildman–Crippen LogP) is 7.91. The van der Waals surface area contributed by atoms with E-state index in [9.17, 15) is 19.2 Å². The van der Waals surface area contributed by atoms with Crippen molar-refractivity contribution in [1.29, 1.82) is 0 Å². The van der Waals surface area contributed by atoms with Gasteiger partial charge in [-0.25, -0.2) is 9.78 Å². The number of Topliss-reactive ketones (excluding diaryl/α,β-unsaturated/α-hetero) is 1. The Hall–Kier alpha value is -6.10. The third-order valence-corrected chi connectivity index (χ3v) is 9.73.